The van der Waals surface area contributed by atoms with E-state index >= 15 is 0 Å². The lowest BCUT2D eigenvalue weighted by Crippen LogP contribution is -2.40. The van der Waals surface area contributed by atoms with E-state index in [-0.39, 0.29) is 12.3 Å². The Morgan fingerprint density at radius 1 is 1.44 bits per heavy atom. The second-order valence-electron chi connectivity index (χ2n) is 3.85. The number of amides is 1. The Morgan fingerprint density at radius 3 is 2.78 bits per heavy atom. The summed E-state index contributed by atoms with van der Waals surface area (Å²) in [5, 5.41) is 3.16. The van der Waals surface area contributed by atoms with E-state index < -0.39 is 12.0 Å². The molecule has 0 aliphatic heterocycles. The highest BCUT2D eigenvalue weighted by molar-refractivity contribution is 6.30. The van der Waals surface area contributed by atoms with E-state index in [1.165, 1.54) is 0 Å². The molecule has 1 rings (SSSR count). The highest BCUT2D eigenvalue weighted by Gasteiger charge is 2.16. The number of hydrogen-bond donors (Lipinski definition) is 1. The van der Waals surface area contributed by atoms with Crippen molar-refractivity contribution in [1.82, 2.24) is 5.32 Å². The molecule has 1 aromatic rings. The van der Waals surface area contributed by atoms with Crippen LogP contribution in [0.5, 0.6) is 0 Å². The first-order valence-electron chi connectivity index (χ1n) is 5.73. The average Bonchev–Trinajstić information content (AvgIpc) is 2.28. The van der Waals surface area contributed by atoms with E-state index in [9.17, 15) is 9.59 Å². The predicted octanol–water partition coefficient (Wildman–Crippen LogP) is 1.95. The third-order valence-electron chi connectivity index (χ3n) is 2.27. The fraction of sp³-hybridized carbons (Fsp3) is 0.385. The maximum atomic E-state index is 11.7. The zero-order chi connectivity index (χ0) is 13.5. The minimum Gasteiger partial charge on any atom is -0.464 e. The van der Waals surface area contributed by atoms with E-state index in [4.69, 9.17) is 16.3 Å². The number of halogens is 1. The molecule has 0 saturated carbocycles. The molecule has 1 amide bonds. The van der Waals surface area contributed by atoms with Gasteiger partial charge in [0.2, 0.25) is 5.91 Å². The number of ether oxygens (including phenoxy) is 1. The van der Waals surface area contributed by atoms with Crippen LogP contribution in [-0.4, -0.2) is 24.5 Å². The van der Waals surface area contributed by atoms with Gasteiger partial charge in [-0.05, 0) is 31.5 Å². The number of nitrogens with one attached hydrogen (secondary N) is 1. The van der Waals surface area contributed by atoms with Gasteiger partial charge in [-0.15, -0.1) is 0 Å². The Bertz CT molecular complexity index is 434. The van der Waals surface area contributed by atoms with Crippen molar-refractivity contribution >= 4 is 23.5 Å². The van der Waals surface area contributed by atoms with Crippen molar-refractivity contribution in [3.8, 4) is 0 Å². The second kappa shape index (κ2) is 7.01. The van der Waals surface area contributed by atoms with Crippen LogP contribution in [0.2, 0.25) is 5.02 Å². The minimum absolute atomic E-state index is 0.185. The van der Waals surface area contributed by atoms with Crippen molar-refractivity contribution in [3.05, 3.63) is 34.9 Å². The van der Waals surface area contributed by atoms with E-state index in [0.29, 0.717) is 11.6 Å². The number of benzene rings is 1. The summed E-state index contributed by atoms with van der Waals surface area (Å²) in [6, 6.07) is 6.40. The van der Waals surface area contributed by atoms with Gasteiger partial charge >= 0.3 is 5.97 Å². The molecule has 4 nitrogen and oxygen atoms in total. The molecule has 98 valence electrons. The summed E-state index contributed by atoms with van der Waals surface area (Å²) >= 11 is 5.82. The first kappa shape index (κ1) is 14.5. The fourth-order valence-corrected chi connectivity index (χ4v) is 1.66. The summed E-state index contributed by atoms with van der Waals surface area (Å²) in [6.45, 7) is 3.61. The fourth-order valence-electron chi connectivity index (χ4n) is 1.45. The van der Waals surface area contributed by atoms with Gasteiger partial charge in [-0.3, -0.25) is 4.79 Å². The molecule has 1 atom stereocenters. The van der Waals surface area contributed by atoms with Crippen molar-refractivity contribution in [3.63, 3.8) is 0 Å². The van der Waals surface area contributed by atoms with Gasteiger partial charge in [0.1, 0.15) is 6.04 Å². The monoisotopic (exact) mass is 269 g/mol. The molecule has 18 heavy (non-hydrogen) atoms. The molecule has 0 aliphatic rings. The molecule has 0 aromatic heterocycles. The maximum absolute atomic E-state index is 11.7. The number of esters is 1. The summed E-state index contributed by atoms with van der Waals surface area (Å²) in [5.74, 6) is -0.672. The molecular formula is C13H16ClNO3. The summed E-state index contributed by atoms with van der Waals surface area (Å²) in [6.07, 6.45) is 0.185. The average molecular weight is 270 g/mol. The second-order valence-corrected chi connectivity index (χ2v) is 4.28. The van der Waals surface area contributed by atoms with E-state index in [2.05, 4.69) is 5.32 Å². The Balaban J connectivity index is 2.49. The quantitative estimate of drug-likeness (QED) is 0.832. The summed E-state index contributed by atoms with van der Waals surface area (Å²) < 4.78 is 4.80. The third-order valence-corrected chi connectivity index (χ3v) is 2.51. The lowest BCUT2D eigenvalue weighted by Gasteiger charge is -2.12. The summed E-state index contributed by atoms with van der Waals surface area (Å²) in [4.78, 5) is 23.0. The van der Waals surface area contributed by atoms with Crippen LogP contribution in [0.1, 0.15) is 19.4 Å². The summed E-state index contributed by atoms with van der Waals surface area (Å²) in [5.41, 5.74) is 0.802. The van der Waals surface area contributed by atoms with E-state index in [1.807, 2.05) is 0 Å². The molecular weight excluding hydrogens is 254 g/mol. The predicted molar refractivity (Wildman–Crippen MR) is 69.4 cm³/mol. The van der Waals surface area contributed by atoms with Gasteiger partial charge in [0.05, 0.1) is 13.0 Å². The molecule has 0 heterocycles. The van der Waals surface area contributed by atoms with Crippen LogP contribution in [0, 0.1) is 0 Å². The molecule has 0 bridgehead atoms. The molecule has 1 aromatic carbocycles. The van der Waals surface area contributed by atoms with Gasteiger partial charge in [0.25, 0.3) is 0 Å². The zero-order valence-corrected chi connectivity index (χ0v) is 11.2. The number of hydrogen-bond acceptors (Lipinski definition) is 3. The van der Waals surface area contributed by atoms with Crippen LogP contribution in [0.4, 0.5) is 0 Å². The van der Waals surface area contributed by atoms with Crippen LogP contribution in [0.15, 0.2) is 24.3 Å². The van der Waals surface area contributed by atoms with Crippen molar-refractivity contribution < 1.29 is 14.3 Å². The highest BCUT2D eigenvalue weighted by atomic mass is 35.5. The smallest absolute Gasteiger partial charge is 0.328 e. The Labute approximate surface area is 111 Å². The molecule has 0 spiro atoms. The maximum Gasteiger partial charge on any atom is 0.328 e. The molecule has 1 N–H and O–H groups in total. The molecule has 0 saturated heterocycles. The lowest BCUT2D eigenvalue weighted by atomic mass is 10.1. The van der Waals surface area contributed by atoms with Crippen LogP contribution < -0.4 is 5.32 Å². The van der Waals surface area contributed by atoms with Gasteiger partial charge in [-0.25, -0.2) is 4.79 Å². The van der Waals surface area contributed by atoms with Crippen molar-refractivity contribution in [2.75, 3.05) is 6.61 Å². The zero-order valence-electron chi connectivity index (χ0n) is 10.4. The van der Waals surface area contributed by atoms with Crippen molar-refractivity contribution in [2.45, 2.75) is 26.3 Å². The third kappa shape index (κ3) is 4.75. The van der Waals surface area contributed by atoms with Crippen LogP contribution >= 0.6 is 11.6 Å². The Hall–Kier alpha value is -1.55. The normalized spacial score (nSPS) is 11.7. The van der Waals surface area contributed by atoms with E-state index in [1.54, 1.807) is 38.1 Å². The summed E-state index contributed by atoms with van der Waals surface area (Å²) in [7, 11) is 0. The van der Waals surface area contributed by atoms with Gasteiger partial charge in [0.15, 0.2) is 0 Å². The van der Waals surface area contributed by atoms with Gasteiger partial charge in [0, 0.05) is 5.02 Å². The Morgan fingerprint density at radius 2 is 2.17 bits per heavy atom. The van der Waals surface area contributed by atoms with Crippen LogP contribution in [0.25, 0.3) is 0 Å². The molecule has 0 fully saturated rings. The van der Waals surface area contributed by atoms with Crippen LogP contribution in [-0.2, 0) is 20.7 Å². The molecule has 0 radical (unpaired) electrons. The Kier molecular flexibility index (Phi) is 5.65. The van der Waals surface area contributed by atoms with Gasteiger partial charge in [-0.1, -0.05) is 23.7 Å². The topological polar surface area (TPSA) is 55.4 Å². The number of rotatable bonds is 5. The van der Waals surface area contributed by atoms with Crippen LogP contribution in [0.3, 0.4) is 0 Å². The number of carbonyl (C=O) groups is 2. The largest absolute Gasteiger partial charge is 0.464 e. The van der Waals surface area contributed by atoms with E-state index in [0.717, 1.165) is 5.56 Å². The molecule has 1 unspecified atom stereocenters. The minimum atomic E-state index is -0.642. The number of carbonyl (C=O) groups excluding carboxylic acids is 2. The highest BCUT2D eigenvalue weighted by Crippen LogP contribution is 2.11. The SMILES string of the molecule is CCOC(=O)C(C)NC(=O)Cc1cccc(Cl)c1. The first-order chi connectivity index (χ1) is 8.52. The molecule has 0 aliphatic carbocycles. The first-order valence-corrected chi connectivity index (χ1v) is 6.11. The molecule has 5 heteroatoms. The lowest BCUT2D eigenvalue weighted by molar-refractivity contribution is -0.146. The van der Waals surface area contributed by atoms with Crippen molar-refractivity contribution in [2.24, 2.45) is 0 Å². The van der Waals surface area contributed by atoms with Gasteiger partial charge < -0.3 is 10.1 Å². The standard InChI is InChI=1S/C13H16ClNO3/c1-3-18-13(17)9(2)15-12(16)8-10-5-4-6-11(14)7-10/h4-7,9H,3,8H2,1-2H3,(H,15,16). The van der Waals surface area contributed by atoms with Crippen molar-refractivity contribution in [1.29, 1.82) is 0 Å². The van der Waals surface area contributed by atoms with Gasteiger partial charge in [-0.2, -0.15) is 0 Å².